The topological polar surface area (TPSA) is 51.2 Å². The standard InChI is InChI=1S/C26H20ClF7N2O2/c1-3-11-23(21-10-9-19(27)15-35-21,17-12-18(25(29,30)31)14-20(28)13-17)36-22(37)24(38-2,26(32,33)34)16-7-5-4-6-8-16/h3-10,12-15H,1,11H2,2H3,(H,36,37)/t23-,24-/m0/s1. The van der Waals surface area contributed by atoms with E-state index in [1.165, 1.54) is 30.3 Å². The average Bonchev–Trinajstić information content (AvgIpc) is 2.84. The van der Waals surface area contributed by atoms with Gasteiger partial charge in [0.05, 0.1) is 16.3 Å². The molecule has 202 valence electrons. The van der Waals surface area contributed by atoms with Crippen molar-refractivity contribution in [2.75, 3.05) is 7.11 Å². The number of hydrogen-bond acceptors (Lipinski definition) is 3. The lowest BCUT2D eigenvalue weighted by Gasteiger charge is -2.40. The Balaban J connectivity index is 2.35. The summed E-state index contributed by atoms with van der Waals surface area (Å²) in [5.74, 6) is -3.13. The van der Waals surface area contributed by atoms with Gasteiger partial charge in [0, 0.05) is 18.9 Å². The van der Waals surface area contributed by atoms with Crippen molar-refractivity contribution in [2.45, 2.75) is 29.9 Å². The first kappa shape index (κ1) is 29.1. The number of nitrogens with one attached hydrogen (secondary N) is 1. The van der Waals surface area contributed by atoms with Gasteiger partial charge in [-0.2, -0.15) is 26.3 Å². The van der Waals surface area contributed by atoms with Crippen LogP contribution < -0.4 is 5.32 Å². The summed E-state index contributed by atoms with van der Waals surface area (Å²) in [6.45, 7) is 3.53. The highest BCUT2D eigenvalue weighted by Gasteiger charge is 2.63. The van der Waals surface area contributed by atoms with Gasteiger partial charge in [-0.1, -0.05) is 48.0 Å². The van der Waals surface area contributed by atoms with Gasteiger partial charge in [0.2, 0.25) is 0 Å². The van der Waals surface area contributed by atoms with Crippen LogP contribution in [0.15, 0.2) is 79.5 Å². The maximum absolute atomic E-state index is 14.6. The van der Waals surface area contributed by atoms with Crippen molar-refractivity contribution in [1.29, 1.82) is 0 Å². The number of methoxy groups -OCH3 is 1. The molecular weight excluding hydrogens is 541 g/mol. The fourth-order valence-electron chi connectivity index (χ4n) is 4.11. The monoisotopic (exact) mass is 560 g/mol. The molecule has 0 spiro atoms. The second kappa shape index (κ2) is 10.7. The van der Waals surface area contributed by atoms with Crippen molar-refractivity contribution in [1.82, 2.24) is 10.3 Å². The summed E-state index contributed by atoms with van der Waals surface area (Å²) < 4.78 is 104. The maximum Gasteiger partial charge on any atom is 0.430 e. The van der Waals surface area contributed by atoms with E-state index in [2.05, 4.69) is 16.9 Å². The molecule has 0 saturated carbocycles. The number of nitrogens with zero attached hydrogens (tertiary/aromatic N) is 1. The first-order valence-electron chi connectivity index (χ1n) is 10.8. The van der Waals surface area contributed by atoms with E-state index in [-0.39, 0.29) is 16.8 Å². The molecule has 0 aliphatic heterocycles. The highest BCUT2D eigenvalue weighted by atomic mass is 35.5. The molecular formula is C26H20ClF7N2O2. The molecule has 0 unspecified atom stereocenters. The van der Waals surface area contributed by atoms with Crippen molar-refractivity contribution in [3.05, 3.63) is 113 Å². The number of benzene rings is 2. The summed E-state index contributed by atoms with van der Waals surface area (Å²) in [4.78, 5) is 17.7. The first-order valence-corrected chi connectivity index (χ1v) is 11.2. The third-order valence-corrected chi connectivity index (χ3v) is 6.09. The van der Waals surface area contributed by atoms with Crippen molar-refractivity contribution in [2.24, 2.45) is 0 Å². The number of amides is 1. The van der Waals surface area contributed by atoms with Gasteiger partial charge in [-0.25, -0.2) is 4.39 Å². The van der Waals surface area contributed by atoms with Gasteiger partial charge in [0.15, 0.2) is 0 Å². The number of alkyl halides is 6. The third kappa shape index (κ3) is 5.39. The summed E-state index contributed by atoms with van der Waals surface area (Å²) in [7, 11) is 0.666. The van der Waals surface area contributed by atoms with Gasteiger partial charge in [-0.05, 0) is 42.3 Å². The van der Waals surface area contributed by atoms with Crippen LogP contribution in [0.1, 0.15) is 28.8 Å². The summed E-state index contributed by atoms with van der Waals surface area (Å²) in [6.07, 6.45) is -8.62. The van der Waals surface area contributed by atoms with Crippen LogP contribution in [-0.4, -0.2) is 24.2 Å². The molecule has 1 aromatic heterocycles. The zero-order chi connectivity index (χ0) is 28.4. The summed E-state index contributed by atoms with van der Waals surface area (Å²) in [5.41, 5.74) is -8.63. The summed E-state index contributed by atoms with van der Waals surface area (Å²) in [5, 5.41) is 2.28. The fourth-order valence-corrected chi connectivity index (χ4v) is 4.22. The smallest absolute Gasteiger partial charge is 0.356 e. The summed E-state index contributed by atoms with van der Waals surface area (Å²) >= 11 is 5.89. The van der Waals surface area contributed by atoms with E-state index in [9.17, 15) is 35.5 Å². The lowest BCUT2D eigenvalue weighted by Crippen LogP contribution is -2.60. The molecule has 1 heterocycles. The second-order valence-corrected chi connectivity index (χ2v) is 8.63. The molecule has 3 rings (SSSR count). The van der Waals surface area contributed by atoms with E-state index in [0.717, 1.165) is 24.4 Å². The molecule has 0 saturated heterocycles. The highest BCUT2D eigenvalue weighted by molar-refractivity contribution is 6.30. The Bertz CT molecular complexity index is 1300. The lowest BCUT2D eigenvalue weighted by molar-refractivity contribution is -0.266. The predicted octanol–water partition coefficient (Wildman–Crippen LogP) is 6.93. The van der Waals surface area contributed by atoms with Crippen LogP contribution in [0.3, 0.4) is 0 Å². The molecule has 2 atom stereocenters. The van der Waals surface area contributed by atoms with Gasteiger partial charge in [-0.15, -0.1) is 6.58 Å². The van der Waals surface area contributed by atoms with Crippen LogP contribution in [0.5, 0.6) is 0 Å². The number of ether oxygens (including phenoxy) is 1. The van der Waals surface area contributed by atoms with Crippen molar-refractivity contribution < 1.29 is 40.3 Å². The first-order chi connectivity index (χ1) is 17.7. The van der Waals surface area contributed by atoms with E-state index in [1.54, 1.807) is 0 Å². The minimum atomic E-state index is -5.33. The van der Waals surface area contributed by atoms with Crippen LogP contribution in [-0.2, 0) is 26.8 Å². The van der Waals surface area contributed by atoms with Crippen LogP contribution in [0, 0.1) is 5.82 Å². The molecule has 0 aliphatic carbocycles. The number of halogens is 8. The minimum absolute atomic E-state index is 0.0913. The highest BCUT2D eigenvalue weighted by Crippen LogP contribution is 2.44. The molecule has 2 aromatic carbocycles. The number of aromatic nitrogens is 1. The lowest BCUT2D eigenvalue weighted by atomic mass is 9.80. The Morgan fingerprint density at radius 3 is 2.13 bits per heavy atom. The van der Waals surface area contributed by atoms with Gasteiger partial charge >= 0.3 is 12.4 Å². The molecule has 0 bridgehead atoms. The van der Waals surface area contributed by atoms with Crippen LogP contribution in [0.4, 0.5) is 30.7 Å². The normalized spacial score (nSPS) is 15.3. The minimum Gasteiger partial charge on any atom is -0.356 e. The maximum atomic E-state index is 14.6. The van der Waals surface area contributed by atoms with E-state index >= 15 is 0 Å². The number of pyridine rings is 1. The quantitative estimate of drug-likeness (QED) is 0.240. The Hall–Kier alpha value is -3.44. The zero-order valence-corrected chi connectivity index (χ0v) is 20.4. The van der Waals surface area contributed by atoms with Crippen LogP contribution in [0.2, 0.25) is 5.02 Å². The van der Waals surface area contributed by atoms with E-state index in [0.29, 0.717) is 19.2 Å². The van der Waals surface area contributed by atoms with E-state index < -0.39 is 58.3 Å². The number of rotatable bonds is 8. The molecule has 4 nitrogen and oxygen atoms in total. The Kier molecular flexibility index (Phi) is 8.23. The van der Waals surface area contributed by atoms with Crippen molar-refractivity contribution in [3.8, 4) is 0 Å². The predicted molar refractivity (Wildman–Crippen MR) is 126 cm³/mol. The molecule has 0 aliphatic rings. The molecule has 0 fully saturated rings. The second-order valence-electron chi connectivity index (χ2n) is 8.19. The fraction of sp³-hybridized carbons (Fsp3) is 0.231. The van der Waals surface area contributed by atoms with Gasteiger partial charge in [0.25, 0.3) is 11.5 Å². The number of carbonyl (C=O) groups is 1. The van der Waals surface area contributed by atoms with Gasteiger partial charge < -0.3 is 10.1 Å². The zero-order valence-electron chi connectivity index (χ0n) is 19.6. The summed E-state index contributed by atoms with van der Waals surface area (Å²) in [6, 6.07) is 9.81. The van der Waals surface area contributed by atoms with E-state index in [4.69, 9.17) is 16.3 Å². The molecule has 1 amide bonds. The van der Waals surface area contributed by atoms with Crippen molar-refractivity contribution >= 4 is 17.5 Å². The average molecular weight is 561 g/mol. The van der Waals surface area contributed by atoms with Gasteiger partial charge in [-0.3, -0.25) is 9.78 Å². The largest absolute Gasteiger partial charge is 0.430 e. The Morgan fingerprint density at radius 1 is 1.00 bits per heavy atom. The third-order valence-electron chi connectivity index (χ3n) is 5.87. The number of hydrogen-bond donors (Lipinski definition) is 1. The van der Waals surface area contributed by atoms with Crippen LogP contribution >= 0.6 is 11.6 Å². The van der Waals surface area contributed by atoms with E-state index in [1.807, 2.05) is 0 Å². The van der Waals surface area contributed by atoms with Gasteiger partial charge in [0.1, 0.15) is 11.4 Å². The Labute approximate surface area is 218 Å². The Morgan fingerprint density at radius 2 is 1.63 bits per heavy atom. The molecule has 0 radical (unpaired) electrons. The van der Waals surface area contributed by atoms with Crippen LogP contribution in [0.25, 0.3) is 0 Å². The molecule has 12 heteroatoms. The molecule has 38 heavy (non-hydrogen) atoms. The number of carbonyl (C=O) groups excluding carboxylic acids is 1. The SMILES string of the molecule is C=CC[C@](NC(=O)[C@@](OC)(c1ccccc1)C(F)(F)F)(c1cc(F)cc(C(F)(F)F)c1)c1ccc(Cl)cn1. The van der Waals surface area contributed by atoms with Crippen molar-refractivity contribution in [3.63, 3.8) is 0 Å². The molecule has 3 aromatic rings. The molecule has 1 N–H and O–H groups in total.